The molecule has 1 fully saturated rings. The molecule has 2 aromatic rings. The van der Waals surface area contributed by atoms with Crippen molar-refractivity contribution < 1.29 is 4.74 Å². The Kier molecular flexibility index (Phi) is 4.34. The van der Waals surface area contributed by atoms with Crippen LogP contribution in [-0.2, 0) is 18.4 Å². The van der Waals surface area contributed by atoms with Gasteiger partial charge in [0.05, 0.1) is 11.9 Å². The van der Waals surface area contributed by atoms with Gasteiger partial charge in [-0.3, -0.25) is 4.79 Å². The molecule has 9 heteroatoms. The SMILES string of the molecule is COCc1nsc(N2CCN(c3cnn(C)c(=O)c3)CC2)n1. The third-order valence-corrected chi connectivity index (χ3v) is 4.41. The lowest BCUT2D eigenvalue weighted by molar-refractivity contribution is 0.179. The number of rotatable bonds is 4. The fraction of sp³-hybridized carbons (Fsp3) is 0.538. The second kappa shape index (κ2) is 6.41. The van der Waals surface area contributed by atoms with Crippen LogP contribution in [0, 0.1) is 0 Å². The van der Waals surface area contributed by atoms with Gasteiger partial charge in [0.1, 0.15) is 6.61 Å². The van der Waals surface area contributed by atoms with Crippen molar-refractivity contribution in [1.29, 1.82) is 0 Å². The molecule has 0 spiro atoms. The first-order valence-corrected chi connectivity index (χ1v) is 7.79. The lowest BCUT2D eigenvalue weighted by Crippen LogP contribution is -2.47. The maximum Gasteiger partial charge on any atom is 0.268 e. The van der Waals surface area contributed by atoms with Crippen molar-refractivity contribution >= 4 is 22.4 Å². The first-order chi connectivity index (χ1) is 10.7. The van der Waals surface area contributed by atoms with Crippen LogP contribution in [-0.4, -0.2) is 52.4 Å². The first-order valence-electron chi connectivity index (χ1n) is 7.02. The Balaban J connectivity index is 1.64. The summed E-state index contributed by atoms with van der Waals surface area (Å²) in [5, 5.41) is 4.99. The lowest BCUT2D eigenvalue weighted by atomic mass is 10.3. The van der Waals surface area contributed by atoms with Crippen molar-refractivity contribution in [2.75, 3.05) is 43.1 Å². The van der Waals surface area contributed by atoms with E-state index in [2.05, 4.69) is 24.3 Å². The molecule has 1 aliphatic rings. The van der Waals surface area contributed by atoms with Crippen LogP contribution in [0.2, 0.25) is 0 Å². The highest BCUT2D eigenvalue weighted by Gasteiger charge is 2.20. The van der Waals surface area contributed by atoms with E-state index in [4.69, 9.17) is 4.74 Å². The van der Waals surface area contributed by atoms with Gasteiger partial charge in [-0.2, -0.15) is 9.47 Å². The van der Waals surface area contributed by atoms with Gasteiger partial charge >= 0.3 is 0 Å². The normalized spacial score (nSPS) is 15.4. The number of methoxy groups -OCH3 is 1. The highest BCUT2D eigenvalue weighted by Crippen LogP contribution is 2.21. The molecule has 0 N–H and O–H groups in total. The average Bonchev–Trinajstić information content (AvgIpc) is 2.99. The molecule has 0 atom stereocenters. The third-order valence-electron chi connectivity index (χ3n) is 3.60. The Bertz CT molecular complexity index is 692. The standard InChI is InChI=1S/C13H18N6O2S/c1-17-12(20)7-10(8-14-17)18-3-5-19(6-4-18)13-15-11(9-21-2)16-22-13/h7-8H,3-6,9H2,1-2H3. The Morgan fingerprint density at radius 2 is 2.00 bits per heavy atom. The van der Waals surface area contributed by atoms with E-state index < -0.39 is 0 Å². The topological polar surface area (TPSA) is 76.4 Å². The van der Waals surface area contributed by atoms with Crippen LogP contribution in [0.3, 0.4) is 0 Å². The molecule has 0 saturated carbocycles. The lowest BCUT2D eigenvalue weighted by Gasteiger charge is -2.35. The molecular formula is C13H18N6O2S. The van der Waals surface area contributed by atoms with Gasteiger partial charge in [-0.1, -0.05) is 0 Å². The Morgan fingerprint density at radius 3 is 2.68 bits per heavy atom. The number of nitrogens with zero attached hydrogens (tertiary/aromatic N) is 6. The number of aromatic nitrogens is 4. The molecule has 1 aliphatic heterocycles. The van der Waals surface area contributed by atoms with Crippen molar-refractivity contribution in [3.8, 4) is 0 Å². The van der Waals surface area contributed by atoms with Crippen LogP contribution in [0.25, 0.3) is 0 Å². The molecule has 0 bridgehead atoms. The molecule has 1 saturated heterocycles. The molecular weight excluding hydrogens is 304 g/mol. The summed E-state index contributed by atoms with van der Waals surface area (Å²) in [6.45, 7) is 3.78. The highest BCUT2D eigenvalue weighted by atomic mass is 32.1. The van der Waals surface area contributed by atoms with Crippen molar-refractivity contribution in [2.24, 2.45) is 7.05 Å². The number of ether oxygens (including phenoxy) is 1. The Hall–Kier alpha value is -2.00. The Labute approximate surface area is 132 Å². The molecule has 3 heterocycles. The van der Waals surface area contributed by atoms with Gasteiger partial charge in [-0.25, -0.2) is 9.67 Å². The monoisotopic (exact) mass is 322 g/mol. The van der Waals surface area contributed by atoms with Gasteiger partial charge < -0.3 is 14.5 Å². The van der Waals surface area contributed by atoms with Crippen LogP contribution >= 0.6 is 11.5 Å². The van der Waals surface area contributed by atoms with E-state index >= 15 is 0 Å². The van der Waals surface area contributed by atoms with Crippen LogP contribution in [0.15, 0.2) is 17.1 Å². The number of hydrogen-bond donors (Lipinski definition) is 0. The zero-order valence-electron chi connectivity index (χ0n) is 12.6. The molecule has 0 unspecified atom stereocenters. The molecule has 3 rings (SSSR count). The zero-order valence-corrected chi connectivity index (χ0v) is 13.4. The second-order valence-corrected chi connectivity index (χ2v) is 5.81. The minimum atomic E-state index is -0.0896. The van der Waals surface area contributed by atoms with E-state index in [1.165, 1.54) is 16.2 Å². The van der Waals surface area contributed by atoms with E-state index in [-0.39, 0.29) is 5.56 Å². The fourth-order valence-electron chi connectivity index (χ4n) is 2.35. The number of anilines is 2. The number of hydrogen-bond acceptors (Lipinski definition) is 8. The summed E-state index contributed by atoms with van der Waals surface area (Å²) in [5.41, 5.74) is 0.786. The largest absolute Gasteiger partial charge is 0.377 e. The van der Waals surface area contributed by atoms with Crippen LogP contribution in [0.1, 0.15) is 5.82 Å². The van der Waals surface area contributed by atoms with E-state index in [1.54, 1.807) is 26.4 Å². The van der Waals surface area contributed by atoms with Gasteiger partial charge in [0, 0.05) is 57.9 Å². The number of piperazine rings is 1. The molecule has 118 valence electrons. The van der Waals surface area contributed by atoms with Gasteiger partial charge in [0.15, 0.2) is 5.82 Å². The number of aryl methyl sites for hydroxylation is 1. The summed E-state index contributed by atoms with van der Waals surface area (Å²) >= 11 is 1.40. The minimum Gasteiger partial charge on any atom is -0.377 e. The summed E-state index contributed by atoms with van der Waals surface area (Å²) in [5.74, 6) is 0.723. The van der Waals surface area contributed by atoms with Crippen molar-refractivity contribution in [1.82, 2.24) is 19.1 Å². The van der Waals surface area contributed by atoms with E-state index in [0.717, 1.165) is 42.8 Å². The summed E-state index contributed by atoms with van der Waals surface area (Å²) in [7, 11) is 3.29. The van der Waals surface area contributed by atoms with Crippen LogP contribution in [0.5, 0.6) is 0 Å². The summed E-state index contributed by atoms with van der Waals surface area (Å²) < 4.78 is 10.6. The zero-order chi connectivity index (χ0) is 15.5. The van der Waals surface area contributed by atoms with Gasteiger partial charge in [-0.15, -0.1) is 0 Å². The van der Waals surface area contributed by atoms with E-state index in [1.807, 2.05) is 0 Å². The summed E-state index contributed by atoms with van der Waals surface area (Å²) in [6.07, 6.45) is 1.73. The van der Waals surface area contributed by atoms with E-state index in [9.17, 15) is 4.79 Å². The molecule has 8 nitrogen and oxygen atoms in total. The van der Waals surface area contributed by atoms with Crippen LogP contribution < -0.4 is 15.4 Å². The molecule has 0 radical (unpaired) electrons. The molecule has 0 aromatic carbocycles. The predicted molar refractivity (Wildman–Crippen MR) is 84.5 cm³/mol. The minimum absolute atomic E-state index is 0.0896. The molecule has 2 aromatic heterocycles. The van der Waals surface area contributed by atoms with Gasteiger partial charge in [0.25, 0.3) is 5.56 Å². The third kappa shape index (κ3) is 3.09. The van der Waals surface area contributed by atoms with Crippen LogP contribution in [0.4, 0.5) is 10.8 Å². The van der Waals surface area contributed by atoms with Crippen molar-refractivity contribution in [3.05, 3.63) is 28.4 Å². The summed E-state index contributed by atoms with van der Waals surface area (Å²) in [4.78, 5) is 20.5. The van der Waals surface area contributed by atoms with Crippen molar-refractivity contribution in [3.63, 3.8) is 0 Å². The maximum atomic E-state index is 11.7. The second-order valence-electron chi connectivity index (χ2n) is 5.08. The highest BCUT2D eigenvalue weighted by molar-refractivity contribution is 7.09. The van der Waals surface area contributed by atoms with E-state index in [0.29, 0.717) is 6.61 Å². The van der Waals surface area contributed by atoms with Gasteiger partial charge in [0.2, 0.25) is 5.13 Å². The molecule has 0 aliphatic carbocycles. The predicted octanol–water partition coefficient (Wildman–Crippen LogP) is 0.105. The average molecular weight is 322 g/mol. The molecule has 0 amide bonds. The fourth-order valence-corrected chi connectivity index (χ4v) is 3.07. The quantitative estimate of drug-likeness (QED) is 0.790. The van der Waals surface area contributed by atoms with Crippen molar-refractivity contribution in [2.45, 2.75) is 6.61 Å². The maximum absolute atomic E-state index is 11.7. The van der Waals surface area contributed by atoms with Gasteiger partial charge in [-0.05, 0) is 0 Å². The summed E-state index contributed by atoms with van der Waals surface area (Å²) in [6, 6.07) is 1.63. The molecule has 22 heavy (non-hydrogen) atoms. The first kappa shape index (κ1) is 14.9. The Morgan fingerprint density at radius 1 is 1.27 bits per heavy atom. The smallest absolute Gasteiger partial charge is 0.268 e.